The molecule has 1 unspecified atom stereocenters. The molecule has 0 aliphatic rings. The molecule has 0 aromatic rings. The number of ketones is 1. The predicted octanol–water partition coefficient (Wildman–Crippen LogP) is 0.196. The smallest absolute Gasteiger partial charge is 0.227 e. The number of hydrogen-bond donors (Lipinski definition) is 2. The molecule has 0 aliphatic heterocycles. The monoisotopic (exact) mass is 219 g/mol. The lowest BCUT2D eigenvalue weighted by atomic mass is 10.1. The average molecular weight is 219 g/mol. The summed E-state index contributed by atoms with van der Waals surface area (Å²) in [6.45, 7) is 3.19. The Morgan fingerprint density at radius 1 is 1.50 bits per heavy atom. The molecule has 4 nitrogen and oxygen atoms in total. The summed E-state index contributed by atoms with van der Waals surface area (Å²) in [4.78, 5) is 21.6. The van der Waals surface area contributed by atoms with Gasteiger partial charge in [-0.3, -0.25) is 9.59 Å². The highest BCUT2D eigenvalue weighted by atomic mass is 32.2. The summed E-state index contributed by atoms with van der Waals surface area (Å²) in [7, 11) is 0. The number of amides is 1. The molecule has 82 valence electrons. The van der Waals surface area contributed by atoms with E-state index >= 15 is 0 Å². The fourth-order valence-corrected chi connectivity index (χ4v) is 1.66. The lowest BCUT2D eigenvalue weighted by molar-refractivity contribution is -0.127. The number of aliphatic hydroxyl groups is 1. The highest BCUT2D eigenvalue weighted by Crippen LogP contribution is 2.08. The average Bonchev–Trinajstić information content (AvgIpc) is 2.00. The second-order valence-corrected chi connectivity index (χ2v) is 4.45. The first-order chi connectivity index (χ1) is 6.37. The zero-order valence-electron chi connectivity index (χ0n) is 8.79. The normalized spacial score (nSPS) is 14.6. The third kappa shape index (κ3) is 6.91. The molecule has 0 saturated carbocycles. The molecule has 0 rings (SSSR count). The molecular weight excluding hydrogens is 202 g/mol. The maximum Gasteiger partial charge on any atom is 0.227 e. The van der Waals surface area contributed by atoms with Crippen LogP contribution in [0.5, 0.6) is 0 Å². The van der Waals surface area contributed by atoms with E-state index in [0.717, 1.165) is 0 Å². The van der Waals surface area contributed by atoms with Gasteiger partial charge in [0.15, 0.2) is 0 Å². The van der Waals surface area contributed by atoms with Gasteiger partial charge in [-0.1, -0.05) is 0 Å². The summed E-state index contributed by atoms with van der Waals surface area (Å²) in [5, 5.41) is 12.2. The van der Waals surface area contributed by atoms with Crippen molar-refractivity contribution in [3.05, 3.63) is 0 Å². The van der Waals surface area contributed by atoms with E-state index in [1.807, 2.05) is 6.26 Å². The Hall–Kier alpha value is -0.550. The number of nitrogens with one attached hydrogen (secondary N) is 1. The van der Waals surface area contributed by atoms with Gasteiger partial charge in [0.25, 0.3) is 0 Å². The zero-order valence-corrected chi connectivity index (χ0v) is 9.61. The first kappa shape index (κ1) is 13.4. The summed E-state index contributed by atoms with van der Waals surface area (Å²) in [6.07, 6.45) is 1.77. The van der Waals surface area contributed by atoms with Crippen molar-refractivity contribution in [2.24, 2.45) is 0 Å². The van der Waals surface area contributed by atoms with Gasteiger partial charge in [-0.2, -0.15) is 11.8 Å². The van der Waals surface area contributed by atoms with E-state index in [4.69, 9.17) is 0 Å². The fraction of sp³-hybridized carbons (Fsp3) is 0.778. The number of carbonyl (C=O) groups excluding carboxylic acids is 2. The molecule has 14 heavy (non-hydrogen) atoms. The van der Waals surface area contributed by atoms with Gasteiger partial charge < -0.3 is 10.4 Å². The molecule has 1 atom stereocenters. The topological polar surface area (TPSA) is 66.4 Å². The van der Waals surface area contributed by atoms with Gasteiger partial charge >= 0.3 is 0 Å². The SMILES string of the molecule is CSCC(C)(O)CNC(=O)CC(C)=O. The zero-order chi connectivity index (χ0) is 11.2. The Morgan fingerprint density at radius 3 is 2.50 bits per heavy atom. The van der Waals surface area contributed by atoms with Gasteiger partial charge in [0.1, 0.15) is 5.78 Å². The van der Waals surface area contributed by atoms with Crippen LogP contribution in [0, 0.1) is 0 Å². The summed E-state index contributed by atoms with van der Waals surface area (Å²) in [5.41, 5.74) is -0.911. The second kappa shape index (κ2) is 6.03. The van der Waals surface area contributed by atoms with E-state index in [1.165, 1.54) is 18.7 Å². The Labute approximate surface area is 88.4 Å². The third-order valence-corrected chi connectivity index (χ3v) is 2.44. The molecule has 0 saturated heterocycles. The molecule has 0 aromatic heterocycles. The lowest BCUT2D eigenvalue weighted by Gasteiger charge is -2.22. The van der Waals surface area contributed by atoms with E-state index in [2.05, 4.69) is 5.32 Å². The summed E-state index contributed by atoms with van der Waals surface area (Å²) < 4.78 is 0. The number of hydrogen-bond acceptors (Lipinski definition) is 4. The summed E-state index contributed by atoms with van der Waals surface area (Å²) in [5.74, 6) is 0.0405. The third-order valence-electron chi connectivity index (χ3n) is 1.53. The van der Waals surface area contributed by atoms with Gasteiger partial charge in [0.2, 0.25) is 5.91 Å². The molecule has 0 fully saturated rings. The lowest BCUT2D eigenvalue weighted by Crippen LogP contribution is -2.42. The van der Waals surface area contributed by atoms with Gasteiger partial charge in [-0.05, 0) is 20.1 Å². The number of thioether (sulfide) groups is 1. The van der Waals surface area contributed by atoms with E-state index in [9.17, 15) is 14.7 Å². The maximum absolute atomic E-state index is 11.1. The van der Waals surface area contributed by atoms with Crippen LogP contribution in [0.2, 0.25) is 0 Å². The van der Waals surface area contributed by atoms with Crippen molar-refractivity contribution in [3.8, 4) is 0 Å². The van der Waals surface area contributed by atoms with Crippen molar-refractivity contribution in [2.45, 2.75) is 25.9 Å². The Morgan fingerprint density at radius 2 is 2.07 bits per heavy atom. The molecule has 0 spiro atoms. The van der Waals surface area contributed by atoms with Crippen LogP contribution in [0.1, 0.15) is 20.3 Å². The van der Waals surface area contributed by atoms with Crippen LogP contribution >= 0.6 is 11.8 Å². The first-order valence-electron chi connectivity index (χ1n) is 4.35. The van der Waals surface area contributed by atoms with Crippen LogP contribution in [-0.4, -0.2) is 41.0 Å². The quantitative estimate of drug-likeness (QED) is 0.626. The molecular formula is C9H17NO3S. The van der Waals surface area contributed by atoms with E-state index in [-0.39, 0.29) is 24.7 Å². The van der Waals surface area contributed by atoms with E-state index < -0.39 is 5.60 Å². The highest BCUT2D eigenvalue weighted by molar-refractivity contribution is 7.98. The molecule has 0 heterocycles. The van der Waals surface area contributed by atoms with Crippen LogP contribution in [0.3, 0.4) is 0 Å². The fourth-order valence-electron chi connectivity index (χ4n) is 0.940. The largest absolute Gasteiger partial charge is 0.387 e. The van der Waals surface area contributed by atoms with Crippen LogP contribution in [0.15, 0.2) is 0 Å². The first-order valence-corrected chi connectivity index (χ1v) is 5.74. The Balaban J connectivity index is 3.81. The second-order valence-electron chi connectivity index (χ2n) is 3.59. The highest BCUT2D eigenvalue weighted by Gasteiger charge is 2.20. The van der Waals surface area contributed by atoms with Crippen LogP contribution in [0.25, 0.3) is 0 Å². The number of rotatable bonds is 6. The van der Waals surface area contributed by atoms with Crippen LogP contribution < -0.4 is 5.32 Å². The van der Waals surface area contributed by atoms with E-state index in [0.29, 0.717) is 5.75 Å². The van der Waals surface area contributed by atoms with Crippen molar-refractivity contribution in [3.63, 3.8) is 0 Å². The van der Waals surface area contributed by atoms with Crippen molar-refractivity contribution in [1.82, 2.24) is 5.32 Å². The van der Waals surface area contributed by atoms with Crippen molar-refractivity contribution < 1.29 is 14.7 Å². The van der Waals surface area contributed by atoms with Gasteiger partial charge in [-0.25, -0.2) is 0 Å². The van der Waals surface area contributed by atoms with Crippen molar-refractivity contribution in [2.75, 3.05) is 18.6 Å². The molecule has 1 amide bonds. The minimum Gasteiger partial charge on any atom is -0.387 e. The maximum atomic E-state index is 11.1. The molecule has 2 N–H and O–H groups in total. The predicted molar refractivity (Wildman–Crippen MR) is 57.3 cm³/mol. The number of Topliss-reactive ketones (excluding diaryl/α,β-unsaturated/α-hetero) is 1. The minimum atomic E-state index is -0.911. The standard InChI is InChI=1S/C9H17NO3S/c1-7(11)4-8(12)10-5-9(2,13)6-14-3/h13H,4-6H2,1-3H3,(H,10,12). The Kier molecular flexibility index (Phi) is 5.79. The molecule has 0 aromatic carbocycles. The van der Waals surface area contributed by atoms with Crippen LogP contribution in [0.4, 0.5) is 0 Å². The van der Waals surface area contributed by atoms with Gasteiger partial charge in [0, 0.05) is 12.3 Å². The summed E-state index contributed by atoms with van der Waals surface area (Å²) >= 11 is 1.51. The number of carbonyl (C=O) groups is 2. The molecule has 0 aliphatic carbocycles. The molecule has 0 bridgehead atoms. The summed E-state index contributed by atoms with van der Waals surface area (Å²) in [6, 6.07) is 0. The van der Waals surface area contributed by atoms with Gasteiger partial charge in [0.05, 0.1) is 12.0 Å². The van der Waals surface area contributed by atoms with E-state index in [1.54, 1.807) is 6.92 Å². The van der Waals surface area contributed by atoms with Gasteiger partial charge in [-0.15, -0.1) is 0 Å². The minimum absolute atomic E-state index is 0.116. The van der Waals surface area contributed by atoms with Crippen molar-refractivity contribution in [1.29, 1.82) is 0 Å². The van der Waals surface area contributed by atoms with Crippen LogP contribution in [-0.2, 0) is 9.59 Å². The Bertz CT molecular complexity index is 216. The molecule has 5 heteroatoms. The molecule has 0 radical (unpaired) electrons. The van der Waals surface area contributed by atoms with Crippen molar-refractivity contribution >= 4 is 23.5 Å².